The van der Waals surface area contributed by atoms with Crippen LogP contribution < -0.4 is 10.6 Å². The molecule has 1 atom stereocenters. The van der Waals surface area contributed by atoms with E-state index in [-0.39, 0.29) is 23.2 Å². The van der Waals surface area contributed by atoms with Gasteiger partial charge in [-0.25, -0.2) is 4.39 Å². The third-order valence-corrected chi connectivity index (χ3v) is 5.69. The van der Waals surface area contributed by atoms with Gasteiger partial charge in [0.05, 0.1) is 22.5 Å². The number of nitro groups is 1. The number of carbonyl (C=O) groups excluding carboxylic acids is 1. The van der Waals surface area contributed by atoms with Gasteiger partial charge in [-0.2, -0.15) is 0 Å². The number of nitrogens with zero attached hydrogens (tertiary/aromatic N) is 3. The van der Waals surface area contributed by atoms with E-state index in [0.29, 0.717) is 16.0 Å². The molecular formula is C15H16FN5O4S2. The number of non-ortho nitro benzene ring substituents is 1. The Hall–Kier alpha value is -2.31. The number of benzene rings is 1. The lowest BCUT2D eigenvalue weighted by Gasteiger charge is -2.08. The van der Waals surface area contributed by atoms with E-state index in [1.165, 1.54) is 11.3 Å². The van der Waals surface area contributed by atoms with E-state index in [9.17, 15) is 19.3 Å². The number of nitro benzene ring substituents is 1. The summed E-state index contributed by atoms with van der Waals surface area (Å²) in [4.78, 5) is 22.1. The fraction of sp³-hybridized carbons (Fsp3) is 0.400. The van der Waals surface area contributed by atoms with Crippen LogP contribution in [-0.4, -0.2) is 46.0 Å². The van der Waals surface area contributed by atoms with Gasteiger partial charge in [-0.05, 0) is 18.9 Å². The number of halogens is 1. The fourth-order valence-electron chi connectivity index (χ4n) is 2.38. The highest BCUT2D eigenvalue weighted by Gasteiger charge is 2.17. The number of anilines is 2. The Kier molecular flexibility index (Phi) is 6.53. The number of nitrogens with one attached hydrogen (secondary N) is 2. The monoisotopic (exact) mass is 413 g/mol. The predicted octanol–water partition coefficient (Wildman–Crippen LogP) is 2.91. The third kappa shape index (κ3) is 5.58. The molecule has 0 radical (unpaired) electrons. The van der Waals surface area contributed by atoms with Crippen LogP contribution >= 0.6 is 23.1 Å². The minimum absolute atomic E-state index is 0.0253. The zero-order chi connectivity index (χ0) is 19.2. The molecule has 1 aliphatic heterocycles. The topological polar surface area (TPSA) is 119 Å². The summed E-state index contributed by atoms with van der Waals surface area (Å²) in [6.07, 6.45) is 2.26. The van der Waals surface area contributed by atoms with E-state index in [2.05, 4.69) is 20.8 Å². The lowest BCUT2D eigenvalue weighted by molar-refractivity contribution is -0.384. The second kappa shape index (κ2) is 9.06. The van der Waals surface area contributed by atoms with Gasteiger partial charge in [-0.3, -0.25) is 14.9 Å². The van der Waals surface area contributed by atoms with Crippen LogP contribution in [0.5, 0.6) is 0 Å². The molecule has 1 saturated heterocycles. The zero-order valence-electron chi connectivity index (χ0n) is 14.0. The number of hydrogen-bond donors (Lipinski definition) is 2. The molecule has 1 amide bonds. The van der Waals surface area contributed by atoms with E-state index in [1.54, 1.807) is 0 Å². The minimum atomic E-state index is -0.740. The molecule has 9 nitrogen and oxygen atoms in total. The molecular weight excluding hydrogens is 397 g/mol. The number of hydrogen-bond acceptors (Lipinski definition) is 9. The van der Waals surface area contributed by atoms with Gasteiger partial charge in [0.2, 0.25) is 11.0 Å². The largest absolute Gasteiger partial charge is 0.376 e. The fourth-order valence-corrected chi connectivity index (χ4v) is 3.94. The molecule has 0 aliphatic carbocycles. The average molecular weight is 413 g/mol. The van der Waals surface area contributed by atoms with Crippen LogP contribution in [0, 0.1) is 15.9 Å². The molecule has 1 unspecified atom stereocenters. The highest BCUT2D eigenvalue weighted by Crippen LogP contribution is 2.27. The van der Waals surface area contributed by atoms with Gasteiger partial charge in [0, 0.05) is 25.3 Å². The first-order valence-electron chi connectivity index (χ1n) is 8.07. The molecule has 2 aromatic rings. The van der Waals surface area contributed by atoms with E-state index in [1.807, 2.05) is 0 Å². The van der Waals surface area contributed by atoms with Gasteiger partial charge in [0.1, 0.15) is 5.82 Å². The summed E-state index contributed by atoms with van der Waals surface area (Å²) >= 11 is 2.45. The van der Waals surface area contributed by atoms with Gasteiger partial charge in [0.25, 0.3) is 5.69 Å². The Bertz CT molecular complexity index is 828. The Balaban J connectivity index is 1.48. The summed E-state index contributed by atoms with van der Waals surface area (Å²) in [6.45, 7) is 1.44. The van der Waals surface area contributed by atoms with Crippen molar-refractivity contribution in [3.05, 3.63) is 34.1 Å². The Morgan fingerprint density at radius 2 is 2.33 bits per heavy atom. The van der Waals surface area contributed by atoms with Crippen molar-refractivity contribution >= 4 is 45.5 Å². The smallest absolute Gasteiger partial charge is 0.271 e. The molecule has 1 aromatic heterocycles. The first-order chi connectivity index (χ1) is 13.0. The summed E-state index contributed by atoms with van der Waals surface area (Å²) in [6, 6.07) is 2.96. The van der Waals surface area contributed by atoms with Gasteiger partial charge < -0.3 is 15.4 Å². The molecule has 3 rings (SSSR count). The number of ether oxygens (including phenoxy) is 1. The third-order valence-electron chi connectivity index (χ3n) is 3.67. The van der Waals surface area contributed by atoms with Crippen molar-refractivity contribution in [2.45, 2.75) is 23.3 Å². The standard InChI is InChI=1S/C15H16FN5O4S2/c16-11-4-3-9(21(23)24)6-12(11)18-13(22)8-26-15-20-19-14(27-15)17-7-10-2-1-5-25-10/h3-4,6,10H,1-2,5,7-8H2,(H,17,19)(H,18,22). The maximum atomic E-state index is 13.7. The molecule has 144 valence electrons. The van der Waals surface area contributed by atoms with E-state index in [4.69, 9.17) is 4.74 Å². The first kappa shape index (κ1) is 19.5. The summed E-state index contributed by atoms with van der Waals surface area (Å²) < 4.78 is 19.8. The van der Waals surface area contributed by atoms with Crippen LogP contribution in [0.4, 0.5) is 20.9 Å². The highest BCUT2D eigenvalue weighted by atomic mass is 32.2. The van der Waals surface area contributed by atoms with Crippen LogP contribution in [-0.2, 0) is 9.53 Å². The Morgan fingerprint density at radius 3 is 3.07 bits per heavy atom. The predicted molar refractivity (Wildman–Crippen MR) is 99.8 cm³/mol. The van der Waals surface area contributed by atoms with Crippen molar-refractivity contribution in [3.63, 3.8) is 0 Å². The van der Waals surface area contributed by atoms with Crippen molar-refractivity contribution in [2.24, 2.45) is 0 Å². The highest BCUT2D eigenvalue weighted by molar-refractivity contribution is 8.01. The van der Waals surface area contributed by atoms with Crippen molar-refractivity contribution in [3.8, 4) is 0 Å². The molecule has 0 bridgehead atoms. The van der Waals surface area contributed by atoms with Crippen LogP contribution in [0.2, 0.25) is 0 Å². The maximum absolute atomic E-state index is 13.7. The molecule has 2 N–H and O–H groups in total. The lowest BCUT2D eigenvalue weighted by Crippen LogP contribution is -2.18. The van der Waals surface area contributed by atoms with Crippen LogP contribution in [0.15, 0.2) is 22.5 Å². The second-order valence-electron chi connectivity index (χ2n) is 5.65. The molecule has 1 aliphatic rings. The Labute approximate surface area is 161 Å². The van der Waals surface area contributed by atoms with Crippen LogP contribution in [0.1, 0.15) is 12.8 Å². The molecule has 12 heteroatoms. The van der Waals surface area contributed by atoms with Gasteiger partial charge in [-0.15, -0.1) is 10.2 Å². The van der Waals surface area contributed by atoms with Crippen LogP contribution in [0.25, 0.3) is 0 Å². The second-order valence-corrected chi connectivity index (χ2v) is 7.85. The quantitative estimate of drug-likeness (QED) is 0.385. The Morgan fingerprint density at radius 1 is 1.48 bits per heavy atom. The average Bonchev–Trinajstić information content (AvgIpc) is 3.31. The van der Waals surface area contributed by atoms with Crippen molar-refractivity contribution in [1.82, 2.24) is 10.2 Å². The number of carbonyl (C=O) groups is 1. The van der Waals surface area contributed by atoms with Gasteiger partial charge in [-0.1, -0.05) is 23.1 Å². The molecule has 27 heavy (non-hydrogen) atoms. The number of rotatable bonds is 8. The van der Waals surface area contributed by atoms with Gasteiger partial charge >= 0.3 is 0 Å². The summed E-state index contributed by atoms with van der Waals surface area (Å²) in [7, 11) is 0. The molecule has 0 spiro atoms. The SMILES string of the molecule is O=C(CSc1nnc(NCC2CCCO2)s1)Nc1cc([N+](=O)[O-])ccc1F. The van der Waals surface area contributed by atoms with E-state index >= 15 is 0 Å². The maximum Gasteiger partial charge on any atom is 0.271 e. The van der Waals surface area contributed by atoms with E-state index < -0.39 is 16.6 Å². The molecule has 2 heterocycles. The van der Waals surface area contributed by atoms with Crippen molar-refractivity contribution < 1.29 is 18.8 Å². The van der Waals surface area contributed by atoms with Crippen molar-refractivity contribution in [2.75, 3.05) is 29.5 Å². The van der Waals surface area contributed by atoms with Crippen molar-refractivity contribution in [1.29, 1.82) is 0 Å². The number of amides is 1. The number of aromatic nitrogens is 2. The van der Waals surface area contributed by atoms with Crippen LogP contribution in [0.3, 0.4) is 0 Å². The minimum Gasteiger partial charge on any atom is -0.376 e. The number of thioether (sulfide) groups is 1. The molecule has 1 fully saturated rings. The van der Waals surface area contributed by atoms with Gasteiger partial charge in [0.15, 0.2) is 4.34 Å². The summed E-state index contributed by atoms with van der Waals surface area (Å²) in [5.41, 5.74) is -0.531. The normalized spacial score (nSPS) is 16.3. The zero-order valence-corrected chi connectivity index (χ0v) is 15.6. The summed E-state index contributed by atoms with van der Waals surface area (Å²) in [5, 5.41) is 24.8. The van der Waals surface area contributed by atoms with E-state index in [0.717, 1.165) is 49.4 Å². The molecule has 0 saturated carbocycles. The summed E-state index contributed by atoms with van der Waals surface area (Å²) in [5.74, 6) is -1.26. The first-order valence-corrected chi connectivity index (χ1v) is 9.87. The molecule has 1 aromatic carbocycles. The lowest BCUT2D eigenvalue weighted by atomic mass is 10.2.